The van der Waals surface area contributed by atoms with Crippen LogP contribution in [0.15, 0.2) is 75.1 Å². The van der Waals surface area contributed by atoms with Crippen LogP contribution < -0.4 is 9.47 Å². The molecule has 5 nitrogen and oxygen atoms in total. The number of phenolic OH excluding ortho intramolecular Hbond substituents is 1. The number of rotatable bonds is 6. The van der Waals surface area contributed by atoms with Gasteiger partial charge >= 0.3 is 11.9 Å². The number of aryl methyl sites for hydroxylation is 2. The minimum atomic E-state index is -0.492. The number of carbonyl (C=O) groups excluding carboxylic acids is 2. The van der Waals surface area contributed by atoms with E-state index in [-0.39, 0.29) is 10.8 Å². The molecular weight excluding hydrogens is 740 g/mol. The van der Waals surface area contributed by atoms with Crippen LogP contribution in [0, 0.1) is 13.8 Å². The first-order valence-electron chi connectivity index (χ1n) is 13.6. The van der Waals surface area contributed by atoms with Crippen molar-refractivity contribution in [2.24, 2.45) is 0 Å². The molecule has 0 aromatic heterocycles. The second-order valence-corrected chi connectivity index (χ2v) is 14.9. The minimum absolute atomic E-state index is 0.174. The zero-order valence-corrected chi connectivity index (χ0v) is 30.7. The van der Waals surface area contributed by atoms with Crippen molar-refractivity contribution in [1.82, 2.24) is 0 Å². The highest BCUT2D eigenvalue weighted by Crippen LogP contribution is 2.40. The summed E-state index contributed by atoms with van der Waals surface area (Å²) in [7, 11) is 0. The van der Waals surface area contributed by atoms with Gasteiger partial charge in [0.1, 0.15) is 11.5 Å². The van der Waals surface area contributed by atoms with Crippen molar-refractivity contribution in [2.45, 2.75) is 72.6 Å². The topological polar surface area (TPSA) is 72.8 Å². The normalized spacial score (nSPS) is 11.2. The van der Waals surface area contributed by atoms with E-state index in [1.165, 1.54) is 6.08 Å². The molecule has 0 atom stereocenters. The summed E-state index contributed by atoms with van der Waals surface area (Å²) >= 11 is 9.88. The highest BCUT2D eigenvalue weighted by molar-refractivity contribution is 9.11. The largest absolute Gasteiger partial charge is 0.507 e. The fraction of sp³-hybridized carbons (Fsp3) is 0.314. The highest BCUT2D eigenvalue weighted by atomic mass is 79.9. The molecule has 0 radical (unpaired) electrons. The molecule has 0 saturated carbocycles. The molecule has 1 N–H and O–H groups in total. The Balaban J connectivity index is 0.000000385. The zero-order valence-electron chi connectivity index (χ0n) is 26.0. The van der Waals surface area contributed by atoms with Crippen LogP contribution in [0.3, 0.4) is 0 Å². The summed E-state index contributed by atoms with van der Waals surface area (Å²) in [6.07, 6.45) is 2.76. The van der Waals surface area contributed by atoms with Crippen molar-refractivity contribution in [3.05, 3.63) is 109 Å². The predicted molar refractivity (Wildman–Crippen MR) is 185 cm³/mol. The molecule has 0 bridgehead atoms. The van der Waals surface area contributed by atoms with Crippen molar-refractivity contribution in [3.8, 4) is 17.2 Å². The molecule has 0 aliphatic carbocycles. The third-order valence-corrected chi connectivity index (χ3v) is 7.98. The van der Waals surface area contributed by atoms with Crippen molar-refractivity contribution >= 4 is 59.7 Å². The number of hydrogen-bond acceptors (Lipinski definition) is 5. The van der Waals surface area contributed by atoms with Crippen molar-refractivity contribution < 1.29 is 24.2 Å². The fourth-order valence-electron chi connectivity index (χ4n) is 4.33. The van der Waals surface area contributed by atoms with Crippen LogP contribution in [-0.4, -0.2) is 17.0 Å². The predicted octanol–water partition coefficient (Wildman–Crippen LogP) is 10.4. The van der Waals surface area contributed by atoms with Crippen molar-refractivity contribution in [1.29, 1.82) is 0 Å². The van der Waals surface area contributed by atoms with Gasteiger partial charge in [-0.25, -0.2) is 9.59 Å². The maximum absolute atomic E-state index is 12.1. The van der Waals surface area contributed by atoms with Gasteiger partial charge in [-0.2, -0.15) is 0 Å². The van der Waals surface area contributed by atoms with E-state index in [1.54, 1.807) is 12.1 Å². The average molecular weight is 779 g/mol. The molecule has 0 aliphatic heterocycles. The molecule has 0 saturated heterocycles. The summed E-state index contributed by atoms with van der Waals surface area (Å²) in [5.41, 5.74) is 5.39. The van der Waals surface area contributed by atoms with Crippen LogP contribution in [0.5, 0.6) is 17.2 Å². The van der Waals surface area contributed by atoms with Crippen LogP contribution in [-0.2, 0) is 26.8 Å². The lowest BCUT2D eigenvalue weighted by molar-refractivity contribution is -0.130. The van der Waals surface area contributed by atoms with Crippen LogP contribution in [0.4, 0.5) is 0 Å². The molecule has 0 spiro atoms. The Morgan fingerprint density at radius 1 is 0.721 bits per heavy atom. The highest BCUT2D eigenvalue weighted by Gasteiger charge is 2.26. The monoisotopic (exact) mass is 776 g/mol. The molecule has 0 aliphatic rings. The van der Waals surface area contributed by atoms with Gasteiger partial charge in [0.05, 0.1) is 8.95 Å². The summed E-state index contributed by atoms with van der Waals surface area (Å²) in [5, 5.41) is 11.0. The molecule has 3 aromatic carbocycles. The minimum Gasteiger partial charge on any atom is -0.507 e. The quantitative estimate of drug-likeness (QED) is 0.153. The van der Waals surface area contributed by atoms with E-state index in [0.717, 1.165) is 43.9 Å². The average Bonchev–Trinajstić information content (AvgIpc) is 2.88. The number of hydrogen-bond donors (Lipinski definition) is 1. The number of carbonyl (C=O) groups is 2. The molecule has 0 heterocycles. The Morgan fingerprint density at radius 2 is 1.14 bits per heavy atom. The maximum Gasteiger partial charge on any atom is 0.335 e. The van der Waals surface area contributed by atoms with Crippen molar-refractivity contribution in [3.63, 3.8) is 0 Å². The van der Waals surface area contributed by atoms with Gasteiger partial charge in [0.2, 0.25) is 0 Å². The third-order valence-electron chi connectivity index (χ3n) is 6.34. The standard InChI is InChI=1S/C26H34O3.C9H5Br3O2/c1-10-22(27)29-24-19(12-17(3)14-21(24)26(7,8)9)15-18-11-16(2)13-20(23(18)28)25(4,5)6;1-2-8(13)14-9-6(11)3-5(10)4-7(9)12/h10-14,28H,1,15H2,2-9H3;2-4H,1H2. The number of phenols is 1. The van der Waals surface area contributed by atoms with E-state index in [1.807, 2.05) is 32.0 Å². The first kappa shape index (κ1) is 36.5. The third kappa shape index (κ3) is 10.2. The number of esters is 2. The molecule has 3 rings (SSSR count). The summed E-state index contributed by atoms with van der Waals surface area (Å²) < 4.78 is 13.0. The van der Waals surface area contributed by atoms with Crippen LogP contribution in [0.2, 0.25) is 0 Å². The van der Waals surface area contributed by atoms with Crippen LogP contribution >= 0.6 is 47.8 Å². The molecule has 230 valence electrons. The summed E-state index contributed by atoms with van der Waals surface area (Å²) in [6.45, 7) is 23.5. The van der Waals surface area contributed by atoms with Gasteiger partial charge in [0.25, 0.3) is 0 Å². The molecular formula is C35H39Br3O5. The van der Waals surface area contributed by atoms with E-state index >= 15 is 0 Å². The van der Waals surface area contributed by atoms with Crippen LogP contribution in [0.1, 0.15) is 74.9 Å². The van der Waals surface area contributed by atoms with Gasteiger partial charge in [-0.05, 0) is 85.4 Å². The van der Waals surface area contributed by atoms with E-state index < -0.39 is 11.9 Å². The van der Waals surface area contributed by atoms with Gasteiger partial charge in [0.15, 0.2) is 5.75 Å². The van der Waals surface area contributed by atoms with E-state index in [0.29, 0.717) is 32.6 Å². The number of halogens is 3. The zero-order chi connectivity index (χ0) is 32.9. The SMILES string of the molecule is C=CC(=O)Oc1c(Br)cc(Br)cc1Br.C=CC(=O)Oc1c(Cc2cc(C)cc(C(C)(C)C)c2O)cc(C)cc1C(C)(C)C. The number of benzene rings is 3. The Labute approximate surface area is 280 Å². The molecule has 3 aromatic rings. The van der Waals surface area contributed by atoms with Crippen molar-refractivity contribution in [2.75, 3.05) is 0 Å². The molecule has 43 heavy (non-hydrogen) atoms. The fourth-order valence-corrected chi connectivity index (χ4v) is 6.75. The summed E-state index contributed by atoms with van der Waals surface area (Å²) in [4.78, 5) is 23.0. The number of aromatic hydroxyl groups is 1. The molecule has 0 fully saturated rings. The molecule has 8 heteroatoms. The smallest absolute Gasteiger partial charge is 0.335 e. The first-order valence-corrected chi connectivity index (χ1v) is 16.0. The Kier molecular flexibility index (Phi) is 12.6. The Bertz CT molecular complexity index is 1520. The Hall–Kier alpha value is -2.68. The summed E-state index contributed by atoms with van der Waals surface area (Å²) in [6, 6.07) is 11.7. The van der Waals surface area contributed by atoms with Gasteiger partial charge in [0, 0.05) is 28.6 Å². The van der Waals surface area contributed by atoms with Gasteiger partial charge < -0.3 is 14.6 Å². The van der Waals surface area contributed by atoms with Crippen LogP contribution in [0.25, 0.3) is 0 Å². The van der Waals surface area contributed by atoms with Gasteiger partial charge in [-0.1, -0.05) is 106 Å². The lowest BCUT2D eigenvalue weighted by Crippen LogP contribution is -2.17. The lowest BCUT2D eigenvalue weighted by atomic mass is 9.81. The molecule has 0 unspecified atom stereocenters. The second-order valence-electron chi connectivity index (χ2n) is 12.2. The van der Waals surface area contributed by atoms with E-state index in [2.05, 4.69) is 109 Å². The molecule has 0 amide bonds. The van der Waals surface area contributed by atoms with Gasteiger partial charge in [-0.3, -0.25) is 0 Å². The second kappa shape index (κ2) is 14.9. The van der Waals surface area contributed by atoms with Gasteiger partial charge in [-0.15, -0.1) is 0 Å². The Morgan fingerprint density at radius 3 is 1.58 bits per heavy atom. The first-order chi connectivity index (χ1) is 19.8. The lowest BCUT2D eigenvalue weighted by Gasteiger charge is -2.26. The summed E-state index contributed by atoms with van der Waals surface area (Å²) in [5.74, 6) is 0.338. The van der Waals surface area contributed by atoms with E-state index in [9.17, 15) is 14.7 Å². The number of ether oxygens (including phenoxy) is 2. The van der Waals surface area contributed by atoms with E-state index in [4.69, 9.17) is 9.47 Å². The maximum atomic E-state index is 12.1.